The molecule has 0 atom stereocenters. The normalized spacial score (nSPS) is 10.3. The number of nitrogens with zero attached hydrogens (tertiary/aromatic N) is 1. The highest BCUT2D eigenvalue weighted by Gasteiger charge is 2.05. The van der Waals surface area contributed by atoms with Gasteiger partial charge in [0.15, 0.2) is 0 Å². The average molecular weight is 312 g/mol. The molecule has 0 N–H and O–H groups in total. The molecule has 0 aliphatic carbocycles. The lowest BCUT2D eigenvalue weighted by molar-refractivity contribution is -0.141. The van der Waals surface area contributed by atoms with Crippen LogP contribution in [0.3, 0.4) is 0 Å². The number of hydrogen-bond acceptors (Lipinski definition) is 4. The molecule has 1 heterocycles. The number of carbonyl (C=O) groups is 1. The molecule has 0 unspecified atom stereocenters. The lowest BCUT2D eigenvalue weighted by atomic mass is 10.3. The number of pyridine rings is 1. The summed E-state index contributed by atoms with van der Waals surface area (Å²) in [6, 6.07) is 9.33. The van der Waals surface area contributed by atoms with Crippen molar-refractivity contribution < 1.29 is 13.9 Å². The second-order valence-electron chi connectivity index (χ2n) is 3.89. The third kappa shape index (κ3) is 4.83. The van der Waals surface area contributed by atoms with Crippen molar-refractivity contribution in [3.63, 3.8) is 0 Å². The van der Waals surface area contributed by atoms with Crippen LogP contribution in [-0.4, -0.2) is 16.7 Å². The van der Waals surface area contributed by atoms with Gasteiger partial charge in [0.05, 0.1) is 5.75 Å². The minimum Gasteiger partial charge on any atom is -0.460 e. The Kier molecular flexibility index (Phi) is 5.38. The summed E-state index contributed by atoms with van der Waals surface area (Å²) >= 11 is 6.95. The molecule has 2 rings (SSSR count). The molecule has 0 amide bonds. The fraction of sp³-hybridized carbons (Fsp3) is 0.143. The predicted molar refractivity (Wildman–Crippen MR) is 76.2 cm³/mol. The van der Waals surface area contributed by atoms with Crippen molar-refractivity contribution in [2.45, 2.75) is 11.5 Å². The second kappa shape index (κ2) is 7.26. The van der Waals surface area contributed by atoms with Crippen LogP contribution < -0.4 is 0 Å². The van der Waals surface area contributed by atoms with Crippen LogP contribution in [0, 0.1) is 5.82 Å². The summed E-state index contributed by atoms with van der Waals surface area (Å²) in [5.74, 6) is -0.464. The number of halogens is 2. The van der Waals surface area contributed by atoms with E-state index in [2.05, 4.69) is 4.98 Å². The van der Waals surface area contributed by atoms with Gasteiger partial charge in [0, 0.05) is 16.7 Å². The van der Waals surface area contributed by atoms with Gasteiger partial charge in [0.25, 0.3) is 0 Å². The van der Waals surface area contributed by atoms with Gasteiger partial charge < -0.3 is 4.74 Å². The molecule has 1 aromatic carbocycles. The smallest absolute Gasteiger partial charge is 0.316 e. The van der Waals surface area contributed by atoms with E-state index in [1.807, 2.05) is 0 Å². The van der Waals surface area contributed by atoms with Crippen molar-refractivity contribution in [2.24, 2.45) is 0 Å². The number of hydrogen-bond donors (Lipinski definition) is 0. The van der Waals surface area contributed by atoms with Gasteiger partial charge in [0.1, 0.15) is 17.6 Å². The van der Waals surface area contributed by atoms with Crippen LogP contribution in [0.4, 0.5) is 4.39 Å². The zero-order valence-electron chi connectivity index (χ0n) is 10.4. The minimum absolute atomic E-state index is 0.160. The summed E-state index contributed by atoms with van der Waals surface area (Å²) < 4.78 is 17.8. The molecule has 2 aromatic rings. The quantitative estimate of drug-likeness (QED) is 0.479. The lowest BCUT2D eigenvalue weighted by Crippen LogP contribution is -2.07. The van der Waals surface area contributed by atoms with Crippen LogP contribution in [0.1, 0.15) is 5.56 Å². The monoisotopic (exact) mass is 311 g/mol. The van der Waals surface area contributed by atoms with Crippen LogP contribution >= 0.6 is 23.4 Å². The zero-order chi connectivity index (χ0) is 14.4. The van der Waals surface area contributed by atoms with Gasteiger partial charge in [-0.05, 0) is 30.3 Å². The topological polar surface area (TPSA) is 39.2 Å². The third-order valence-electron chi connectivity index (χ3n) is 2.36. The van der Waals surface area contributed by atoms with Crippen molar-refractivity contribution in [2.75, 3.05) is 5.75 Å². The molecule has 0 radical (unpaired) electrons. The van der Waals surface area contributed by atoms with Crippen LogP contribution in [0.2, 0.25) is 5.15 Å². The van der Waals surface area contributed by atoms with E-state index in [9.17, 15) is 9.18 Å². The van der Waals surface area contributed by atoms with Crippen LogP contribution in [0.25, 0.3) is 0 Å². The Morgan fingerprint density at radius 2 is 2.00 bits per heavy atom. The maximum Gasteiger partial charge on any atom is 0.316 e. The first kappa shape index (κ1) is 14.8. The lowest BCUT2D eigenvalue weighted by Gasteiger charge is -2.05. The molecule has 0 saturated carbocycles. The number of rotatable bonds is 5. The Bertz CT molecular complexity index is 523. The summed E-state index contributed by atoms with van der Waals surface area (Å²) in [4.78, 5) is 16.3. The standard InChI is InChI=1S/C14H11ClFNO2S/c15-13-6-1-10(7-17-13)8-19-14(18)9-20-12-4-2-11(16)3-5-12/h1-7H,8-9H2. The highest BCUT2D eigenvalue weighted by atomic mass is 35.5. The number of esters is 1. The summed E-state index contributed by atoms with van der Waals surface area (Å²) in [5, 5.41) is 0.395. The summed E-state index contributed by atoms with van der Waals surface area (Å²) in [7, 11) is 0. The fourth-order valence-electron chi connectivity index (χ4n) is 1.37. The summed E-state index contributed by atoms with van der Waals surface area (Å²) in [6.45, 7) is 0.160. The molecule has 20 heavy (non-hydrogen) atoms. The average Bonchev–Trinajstić information content (AvgIpc) is 2.46. The molecule has 6 heteroatoms. The molecule has 104 valence electrons. The van der Waals surface area contributed by atoms with Crippen molar-refractivity contribution in [1.82, 2.24) is 4.98 Å². The molecule has 0 aliphatic heterocycles. The Labute approximate surface area is 125 Å². The molecular formula is C14H11ClFNO2S. The first-order valence-electron chi connectivity index (χ1n) is 5.78. The van der Waals surface area contributed by atoms with Gasteiger partial charge in [-0.3, -0.25) is 4.79 Å². The van der Waals surface area contributed by atoms with E-state index in [0.717, 1.165) is 10.5 Å². The highest BCUT2D eigenvalue weighted by Crippen LogP contribution is 2.18. The second-order valence-corrected chi connectivity index (χ2v) is 5.33. The Balaban J connectivity index is 1.75. The molecule has 0 bridgehead atoms. The maximum atomic E-state index is 12.7. The molecule has 3 nitrogen and oxygen atoms in total. The predicted octanol–water partition coefficient (Wildman–Crippen LogP) is 3.71. The Morgan fingerprint density at radius 1 is 1.25 bits per heavy atom. The third-order valence-corrected chi connectivity index (χ3v) is 3.57. The number of benzene rings is 1. The number of carbonyl (C=O) groups excluding carboxylic acids is 1. The zero-order valence-corrected chi connectivity index (χ0v) is 12.0. The van der Waals surface area contributed by atoms with Gasteiger partial charge in [-0.2, -0.15) is 0 Å². The molecule has 0 spiro atoms. The molecule has 0 aliphatic rings. The number of thioether (sulfide) groups is 1. The SMILES string of the molecule is O=C(CSc1ccc(F)cc1)OCc1ccc(Cl)nc1. The van der Waals surface area contributed by atoms with E-state index in [-0.39, 0.29) is 24.1 Å². The summed E-state index contributed by atoms with van der Waals surface area (Å²) in [6.07, 6.45) is 1.56. The van der Waals surface area contributed by atoms with E-state index in [1.54, 1.807) is 30.5 Å². The Morgan fingerprint density at radius 3 is 2.65 bits per heavy atom. The van der Waals surface area contributed by atoms with Crippen molar-refractivity contribution in [1.29, 1.82) is 0 Å². The first-order chi connectivity index (χ1) is 9.63. The first-order valence-corrected chi connectivity index (χ1v) is 7.14. The largest absolute Gasteiger partial charge is 0.460 e. The van der Waals surface area contributed by atoms with Gasteiger partial charge in [0.2, 0.25) is 0 Å². The highest BCUT2D eigenvalue weighted by molar-refractivity contribution is 8.00. The molecule has 0 saturated heterocycles. The molecule has 0 fully saturated rings. The van der Waals surface area contributed by atoms with E-state index in [4.69, 9.17) is 16.3 Å². The van der Waals surface area contributed by atoms with E-state index in [1.165, 1.54) is 23.9 Å². The van der Waals surface area contributed by atoms with Crippen LogP contribution in [-0.2, 0) is 16.1 Å². The number of aromatic nitrogens is 1. The van der Waals surface area contributed by atoms with Crippen molar-refractivity contribution in [3.05, 3.63) is 59.1 Å². The van der Waals surface area contributed by atoms with Crippen molar-refractivity contribution >= 4 is 29.3 Å². The van der Waals surface area contributed by atoms with Gasteiger partial charge in [-0.25, -0.2) is 9.37 Å². The molecule has 1 aromatic heterocycles. The van der Waals surface area contributed by atoms with Gasteiger partial charge in [-0.15, -0.1) is 11.8 Å². The Hall–Kier alpha value is -1.59. The van der Waals surface area contributed by atoms with Crippen molar-refractivity contribution in [3.8, 4) is 0 Å². The van der Waals surface area contributed by atoms with E-state index >= 15 is 0 Å². The molecular weight excluding hydrogens is 301 g/mol. The minimum atomic E-state index is -0.339. The van der Waals surface area contributed by atoms with E-state index in [0.29, 0.717) is 5.15 Å². The van der Waals surface area contributed by atoms with Gasteiger partial charge >= 0.3 is 5.97 Å². The fourth-order valence-corrected chi connectivity index (χ4v) is 2.18. The maximum absolute atomic E-state index is 12.7. The van der Waals surface area contributed by atoms with Crippen LogP contribution in [0.5, 0.6) is 0 Å². The van der Waals surface area contributed by atoms with Crippen LogP contribution in [0.15, 0.2) is 47.5 Å². The number of ether oxygens (including phenoxy) is 1. The van der Waals surface area contributed by atoms with E-state index < -0.39 is 0 Å². The summed E-state index contributed by atoms with van der Waals surface area (Å²) in [5.41, 5.74) is 0.773. The van der Waals surface area contributed by atoms with Gasteiger partial charge in [-0.1, -0.05) is 17.7 Å².